The van der Waals surface area contributed by atoms with Crippen molar-refractivity contribution in [2.75, 3.05) is 20.2 Å². The topological polar surface area (TPSA) is 93.8 Å². The molecule has 0 spiro atoms. The number of hydrogen-bond acceptors (Lipinski definition) is 4. The highest BCUT2D eigenvalue weighted by atomic mass is 16.5. The number of benzene rings is 2. The minimum Gasteiger partial charge on any atom is -0.496 e. The lowest BCUT2D eigenvalue weighted by Gasteiger charge is -2.17. The van der Waals surface area contributed by atoms with Gasteiger partial charge in [0, 0.05) is 23.6 Å². The van der Waals surface area contributed by atoms with Crippen LogP contribution in [0.25, 0.3) is 21.2 Å². The first kappa shape index (κ1) is 14.7. The van der Waals surface area contributed by atoms with Crippen molar-refractivity contribution in [1.82, 2.24) is 5.32 Å². The summed E-state index contributed by atoms with van der Waals surface area (Å²) in [5.41, 5.74) is 9.08. The van der Waals surface area contributed by atoms with Crippen molar-refractivity contribution < 1.29 is 4.74 Å². The molecule has 21 heavy (non-hydrogen) atoms. The van der Waals surface area contributed by atoms with E-state index in [1.165, 1.54) is 0 Å². The number of rotatable bonds is 6. The molecule has 106 valence electrons. The standard InChI is InChI=1S/C15H15N5O/c1-21-14-7-6-11-4-2-3-5-12(11)15(14)13(10-16)18-8-9-19-20-17/h2-7,13,18H,8-9H2,1H3. The maximum atomic E-state index is 9.44. The van der Waals surface area contributed by atoms with Crippen LogP contribution >= 0.6 is 0 Å². The van der Waals surface area contributed by atoms with Gasteiger partial charge < -0.3 is 4.74 Å². The van der Waals surface area contributed by atoms with E-state index in [0.717, 1.165) is 16.3 Å². The number of fused-ring (bicyclic) bond motifs is 1. The second kappa shape index (κ2) is 7.15. The Hall–Kier alpha value is -2.74. The summed E-state index contributed by atoms with van der Waals surface area (Å²) < 4.78 is 5.39. The van der Waals surface area contributed by atoms with Crippen molar-refractivity contribution in [2.24, 2.45) is 5.11 Å². The monoisotopic (exact) mass is 281 g/mol. The minimum absolute atomic E-state index is 0.293. The highest BCUT2D eigenvalue weighted by Crippen LogP contribution is 2.32. The summed E-state index contributed by atoms with van der Waals surface area (Å²) in [4.78, 5) is 2.69. The molecule has 0 saturated heterocycles. The van der Waals surface area contributed by atoms with Crippen LogP contribution in [0, 0.1) is 11.3 Å². The number of ether oxygens (including phenoxy) is 1. The molecule has 0 amide bonds. The Labute approximate surface area is 122 Å². The molecule has 2 aromatic rings. The Bertz CT molecular complexity index is 716. The third-order valence-electron chi connectivity index (χ3n) is 3.19. The van der Waals surface area contributed by atoms with Gasteiger partial charge in [-0.25, -0.2) is 0 Å². The fourth-order valence-electron chi connectivity index (χ4n) is 2.27. The lowest BCUT2D eigenvalue weighted by molar-refractivity contribution is 0.406. The van der Waals surface area contributed by atoms with E-state index < -0.39 is 6.04 Å². The second-order valence-corrected chi connectivity index (χ2v) is 4.37. The van der Waals surface area contributed by atoms with Crippen LogP contribution in [0.4, 0.5) is 0 Å². The molecule has 6 nitrogen and oxygen atoms in total. The van der Waals surface area contributed by atoms with E-state index in [9.17, 15) is 5.26 Å². The molecule has 0 fully saturated rings. The zero-order chi connectivity index (χ0) is 15.1. The molecule has 0 radical (unpaired) electrons. The quantitative estimate of drug-likeness (QED) is 0.381. The van der Waals surface area contributed by atoms with Gasteiger partial charge in [-0.05, 0) is 22.4 Å². The fourth-order valence-corrected chi connectivity index (χ4v) is 2.27. The molecule has 6 heteroatoms. The predicted molar refractivity (Wildman–Crippen MR) is 80.9 cm³/mol. The predicted octanol–water partition coefficient (Wildman–Crippen LogP) is 3.31. The zero-order valence-corrected chi connectivity index (χ0v) is 11.7. The molecule has 0 bridgehead atoms. The average Bonchev–Trinajstić information content (AvgIpc) is 2.54. The highest BCUT2D eigenvalue weighted by Gasteiger charge is 2.18. The van der Waals surface area contributed by atoms with Crippen molar-refractivity contribution in [2.45, 2.75) is 6.04 Å². The summed E-state index contributed by atoms with van der Waals surface area (Å²) in [7, 11) is 1.59. The molecule has 0 aliphatic heterocycles. The van der Waals surface area contributed by atoms with Crippen LogP contribution < -0.4 is 10.1 Å². The van der Waals surface area contributed by atoms with Gasteiger partial charge in [0.05, 0.1) is 13.2 Å². The molecule has 0 aliphatic carbocycles. The summed E-state index contributed by atoms with van der Waals surface area (Å²) in [5, 5.41) is 18.0. The largest absolute Gasteiger partial charge is 0.496 e. The first-order valence-electron chi connectivity index (χ1n) is 6.51. The van der Waals surface area contributed by atoms with Gasteiger partial charge in [0.25, 0.3) is 0 Å². The van der Waals surface area contributed by atoms with E-state index in [1.54, 1.807) is 7.11 Å². The van der Waals surface area contributed by atoms with Crippen molar-refractivity contribution in [1.29, 1.82) is 5.26 Å². The SMILES string of the molecule is COc1ccc2ccccc2c1C(C#N)NCCN=[N+]=[N-]. The number of nitrogens with zero attached hydrogens (tertiary/aromatic N) is 4. The molecule has 2 rings (SSSR count). The molecule has 0 heterocycles. The van der Waals surface area contributed by atoms with Crippen molar-refractivity contribution in [3.05, 3.63) is 52.4 Å². The molecular weight excluding hydrogens is 266 g/mol. The van der Waals surface area contributed by atoms with Gasteiger partial charge in [-0.2, -0.15) is 5.26 Å². The lowest BCUT2D eigenvalue weighted by Crippen LogP contribution is -2.23. The zero-order valence-electron chi connectivity index (χ0n) is 11.7. The second-order valence-electron chi connectivity index (χ2n) is 4.37. The van der Waals surface area contributed by atoms with E-state index >= 15 is 0 Å². The number of hydrogen-bond donors (Lipinski definition) is 1. The summed E-state index contributed by atoms with van der Waals surface area (Å²) in [6.45, 7) is 0.719. The molecule has 1 unspecified atom stereocenters. The normalized spacial score (nSPS) is 11.4. The first-order valence-corrected chi connectivity index (χ1v) is 6.51. The van der Waals surface area contributed by atoms with Crippen molar-refractivity contribution in [3.8, 4) is 11.8 Å². The molecule has 1 atom stereocenters. The third kappa shape index (κ3) is 3.23. The molecule has 0 saturated carbocycles. The van der Waals surface area contributed by atoms with E-state index in [0.29, 0.717) is 18.8 Å². The average molecular weight is 281 g/mol. The van der Waals surface area contributed by atoms with Crippen LogP contribution in [-0.4, -0.2) is 20.2 Å². The number of methoxy groups -OCH3 is 1. The number of azide groups is 1. The van der Waals surface area contributed by atoms with E-state index in [-0.39, 0.29) is 0 Å². The number of nitrogens with one attached hydrogen (secondary N) is 1. The molecule has 1 N–H and O–H groups in total. The minimum atomic E-state index is -0.528. The van der Waals surface area contributed by atoms with Crippen LogP contribution in [0.2, 0.25) is 0 Å². The maximum absolute atomic E-state index is 9.44. The Morgan fingerprint density at radius 1 is 1.38 bits per heavy atom. The van der Waals surface area contributed by atoms with Gasteiger partial charge in [0.2, 0.25) is 0 Å². The molecule has 0 aliphatic rings. The highest BCUT2D eigenvalue weighted by molar-refractivity contribution is 5.88. The van der Waals surface area contributed by atoms with Crippen molar-refractivity contribution >= 4 is 10.8 Å². The summed E-state index contributed by atoms with van der Waals surface area (Å²) in [6, 6.07) is 13.4. The van der Waals surface area contributed by atoms with Gasteiger partial charge in [-0.1, -0.05) is 35.4 Å². The molecule has 0 aromatic heterocycles. The van der Waals surface area contributed by atoms with E-state index in [2.05, 4.69) is 21.4 Å². The van der Waals surface area contributed by atoms with Crippen LogP contribution in [-0.2, 0) is 0 Å². The Morgan fingerprint density at radius 3 is 2.90 bits per heavy atom. The maximum Gasteiger partial charge on any atom is 0.125 e. The van der Waals surface area contributed by atoms with Crippen LogP contribution in [0.3, 0.4) is 0 Å². The lowest BCUT2D eigenvalue weighted by atomic mass is 9.98. The summed E-state index contributed by atoms with van der Waals surface area (Å²) in [6.07, 6.45) is 0. The van der Waals surface area contributed by atoms with Crippen molar-refractivity contribution in [3.63, 3.8) is 0 Å². The molecular formula is C15H15N5O. The number of nitriles is 1. The van der Waals surface area contributed by atoms with Gasteiger partial charge in [-0.15, -0.1) is 0 Å². The van der Waals surface area contributed by atoms with Gasteiger partial charge in [0.15, 0.2) is 0 Å². The van der Waals surface area contributed by atoms with Crippen LogP contribution in [0.5, 0.6) is 5.75 Å². The Balaban J connectivity index is 2.41. The van der Waals surface area contributed by atoms with E-state index in [4.69, 9.17) is 10.3 Å². The summed E-state index contributed by atoms with van der Waals surface area (Å²) >= 11 is 0. The Kier molecular flexibility index (Phi) is 4.99. The molecule has 2 aromatic carbocycles. The third-order valence-corrected chi connectivity index (χ3v) is 3.19. The van der Waals surface area contributed by atoms with E-state index in [1.807, 2.05) is 36.4 Å². The smallest absolute Gasteiger partial charge is 0.125 e. The Morgan fingerprint density at radius 2 is 2.19 bits per heavy atom. The van der Waals surface area contributed by atoms with Crippen LogP contribution in [0.1, 0.15) is 11.6 Å². The first-order chi connectivity index (χ1) is 10.3. The fraction of sp³-hybridized carbons (Fsp3) is 0.267. The van der Waals surface area contributed by atoms with Crippen LogP contribution in [0.15, 0.2) is 41.5 Å². The van der Waals surface area contributed by atoms with Gasteiger partial charge in [-0.3, -0.25) is 5.32 Å². The van der Waals surface area contributed by atoms with Gasteiger partial charge in [0.1, 0.15) is 11.8 Å². The summed E-state index contributed by atoms with van der Waals surface area (Å²) in [5.74, 6) is 0.663. The van der Waals surface area contributed by atoms with Gasteiger partial charge >= 0.3 is 0 Å².